The van der Waals surface area contributed by atoms with Crippen LogP contribution in [0.5, 0.6) is 5.75 Å². The van der Waals surface area contributed by atoms with Crippen LogP contribution in [0.2, 0.25) is 0 Å². The number of halogens is 1. The molecule has 0 fully saturated rings. The van der Waals surface area contributed by atoms with Crippen molar-refractivity contribution in [2.45, 2.75) is 20.0 Å². The van der Waals surface area contributed by atoms with Gasteiger partial charge in [-0.3, -0.25) is 9.69 Å². The molecule has 0 spiro atoms. The fourth-order valence-corrected chi connectivity index (χ4v) is 2.93. The number of benzene rings is 2. The number of aromatic nitrogens is 2. The molecule has 7 nitrogen and oxygen atoms in total. The summed E-state index contributed by atoms with van der Waals surface area (Å²) < 4.78 is 23.9. The second kappa shape index (κ2) is 9.49. The van der Waals surface area contributed by atoms with Crippen LogP contribution in [0.1, 0.15) is 17.0 Å². The second-order valence-electron chi connectivity index (χ2n) is 7.37. The molecule has 3 aromatic rings. The largest absolute Gasteiger partial charge is 0.483 e. The second-order valence-corrected chi connectivity index (χ2v) is 7.37. The Kier molecular flexibility index (Phi) is 6.79. The van der Waals surface area contributed by atoms with Crippen LogP contribution >= 0.6 is 0 Å². The van der Waals surface area contributed by atoms with Gasteiger partial charge in [-0.15, -0.1) is 0 Å². The normalized spacial score (nSPS) is 11.0. The zero-order valence-corrected chi connectivity index (χ0v) is 17.6. The molecule has 0 aliphatic heterocycles. The van der Waals surface area contributed by atoms with Crippen molar-refractivity contribution in [1.29, 1.82) is 0 Å². The highest BCUT2D eigenvalue weighted by molar-refractivity contribution is 5.77. The lowest BCUT2D eigenvalue weighted by molar-refractivity contribution is -0.130. The van der Waals surface area contributed by atoms with Crippen molar-refractivity contribution in [2.24, 2.45) is 0 Å². The smallest absolute Gasteiger partial charge is 0.259 e. The zero-order valence-electron chi connectivity index (χ0n) is 17.6. The van der Waals surface area contributed by atoms with Gasteiger partial charge in [0.15, 0.2) is 6.61 Å². The molecule has 0 atom stereocenters. The van der Waals surface area contributed by atoms with Crippen molar-refractivity contribution < 1.29 is 18.6 Å². The minimum Gasteiger partial charge on any atom is -0.483 e. The molecule has 2 aromatic carbocycles. The number of amides is 1. The van der Waals surface area contributed by atoms with Crippen molar-refractivity contribution in [3.63, 3.8) is 0 Å². The SMILES string of the molecule is Cc1nonc1CN(C)Cc1cc(-c2ccc(F)cc2)ccc1OCC(=O)N(C)C. The number of ether oxygens (including phenoxy) is 1. The van der Waals surface area contributed by atoms with E-state index in [1.807, 2.05) is 32.2 Å². The number of rotatable bonds is 8. The van der Waals surface area contributed by atoms with Gasteiger partial charge in [-0.25, -0.2) is 9.02 Å². The van der Waals surface area contributed by atoms with Gasteiger partial charge in [0.05, 0.1) is 0 Å². The standard InChI is InChI=1S/C22H25FN4O3/c1-15-20(25-30-24-15)13-27(4)12-18-11-17(16-5-8-19(23)9-6-16)7-10-21(18)29-14-22(28)26(2)3/h5-11H,12-14H2,1-4H3. The number of carbonyl (C=O) groups excluding carboxylic acids is 1. The number of carbonyl (C=O) groups is 1. The number of nitrogens with zero attached hydrogens (tertiary/aromatic N) is 4. The summed E-state index contributed by atoms with van der Waals surface area (Å²) in [6.45, 7) is 2.89. The van der Waals surface area contributed by atoms with E-state index in [0.717, 1.165) is 28.1 Å². The van der Waals surface area contributed by atoms with E-state index < -0.39 is 0 Å². The Morgan fingerprint density at radius 2 is 1.73 bits per heavy atom. The van der Waals surface area contributed by atoms with Crippen molar-refractivity contribution in [3.8, 4) is 16.9 Å². The summed E-state index contributed by atoms with van der Waals surface area (Å²) in [6, 6.07) is 12.1. The Morgan fingerprint density at radius 1 is 1.03 bits per heavy atom. The first kappa shape index (κ1) is 21.4. The number of hydrogen-bond donors (Lipinski definition) is 0. The summed E-state index contributed by atoms with van der Waals surface area (Å²) in [5.74, 6) is 0.219. The van der Waals surface area contributed by atoms with E-state index in [0.29, 0.717) is 18.8 Å². The first-order valence-corrected chi connectivity index (χ1v) is 9.52. The highest BCUT2D eigenvalue weighted by atomic mass is 19.1. The molecule has 8 heteroatoms. The van der Waals surface area contributed by atoms with Gasteiger partial charge < -0.3 is 9.64 Å². The third-order valence-corrected chi connectivity index (χ3v) is 4.69. The topological polar surface area (TPSA) is 71.7 Å². The lowest BCUT2D eigenvalue weighted by Crippen LogP contribution is -2.28. The van der Waals surface area contributed by atoms with E-state index in [9.17, 15) is 9.18 Å². The van der Waals surface area contributed by atoms with E-state index >= 15 is 0 Å². The van der Waals surface area contributed by atoms with Gasteiger partial charge in [-0.1, -0.05) is 28.5 Å². The molecule has 0 aliphatic carbocycles. The molecular formula is C22H25FN4O3. The molecule has 0 radical (unpaired) electrons. The predicted molar refractivity (Wildman–Crippen MR) is 110 cm³/mol. The third-order valence-electron chi connectivity index (χ3n) is 4.69. The predicted octanol–water partition coefficient (Wildman–Crippen LogP) is 3.28. The third kappa shape index (κ3) is 5.42. The molecule has 0 aliphatic rings. The van der Waals surface area contributed by atoms with E-state index in [2.05, 4.69) is 15.2 Å². The molecule has 3 rings (SSSR count). The molecule has 0 unspecified atom stereocenters. The molecule has 30 heavy (non-hydrogen) atoms. The highest BCUT2D eigenvalue weighted by Crippen LogP contribution is 2.28. The van der Waals surface area contributed by atoms with Gasteiger partial charge in [0, 0.05) is 32.7 Å². The minimum atomic E-state index is -0.280. The van der Waals surface area contributed by atoms with Crippen LogP contribution in [0, 0.1) is 12.7 Å². The Hall–Kier alpha value is -3.26. The van der Waals surface area contributed by atoms with Crippen LogP contribution in [0.25, 0.3) is 11.1 Å². The zero-order chi connectivity index (χ0) is 21.7. The average Bonchev–Trinajstić information content (AvgIpc) is 3.11. The molecular weight excluding hydrogens is 387 g/mol. The average molecular weight is 412 g/mol. The van der Waals surface area contributed by atoms with Gasteiger partial charge >= 0.3 is 0 Å². The van der Waals surface area contributed by atoms with Crippen molar-refractivity contribution in [1.82, 2.24) is 20.1 Å². The molecule has 0 N–H and O–H groups in total. The van der Waals surface area contributed by atoms with Crippen LogP contribution in [0.4, 0.5) is 4.39 Å². The molecule has 158 valence electrons. The summed E-state index contributed by atoms with van der Waals surface area (Å²) in [4.78, 5) is 15.5. The van der Waals surface area contributed by atoms with Crippen molar-refractivity contribution in [2.75, 3.05) is 27.7 Å². The van der Waals surface area contributed by atoms with E-state index in [1.165, 1.54) is 17.0 Å². The molecule has 1 amide bonds. The molecule has 0 saturated carbocycles. The van der Waals surface area contributed by atoms with Crippen LogP contribution < -0.4 is 4.74 Å². The van der Waals surface area contributed by atoms with Gasteiger partial charge in [-0.2, -0.15) is 0 Å². The van der Waals surface area contributed by atoms with E-state index in [4.69, 9.17) is 9.37 Å². The Morgan fingerprint density at radius 3 is 2.37 bits per heavy atom. The maximum Gasteiger partial charge on any atom is 0.259 e. The minimum absolute atomic E-state index is 0.0497. The van der Waals surface area contributed by atoms with E-state index in [-0.39, 0.29) is 18.3 Å². The van der Waals surface area contributed by atoms with Crippen LogP contribution in [0.15, 0.2) is 47.1 Å². The maximum absolute atomic E-state index is 13.3. The first-order valence-electron chi connectivity index (χ1n) is 9.52. The van der Waals surface area contributed by atoms with Crippen LogP contribution in [-0.2, 0) is 17.9 Å². The van der Waals surface area contributed by atoms with Gasteiger partial charge in [0.25, 0.3) is 5.91 Å². The molecule has 1 aromatic heterocycles. The molecule has 1 heterocycles. The summed E-state index contributed by atoms with van der Waals surface area (Å²) in [7, 11) is 5.33. The van der Waals surface area contributed by atoms with Gasteiger partial charge in [0.2, 0.25) is 0 Å². The number of aryl methyl sites for hydroxylation is 1. The Bertz CT molecular complexity index is 1000. The maximum atomic E-state index is 13.3. The highest BCUT2D eigenvalue weighted by Gasteiger charge is 2.14. The fourth-order valence-electron chi connectivity index (χ4n) is 2.93. The van der Waals surface area contributed by atoms with E-state index in [1.54, 1.807) is 26.2 Å². The van der Waals surface area contributed by atoms with Crippen LogP contribution in [0.3, 0.4) is 0 Å². The number of likely N-dealkylation sites (N-methyl/N-ethyl adjacent to an activating group) is 1. The molecule has 0 bridgehead atoms. The van der Waals surface area contributed by atoms with Gasteiger partial charge in [0.1, 0.15) is 23.0 Å². The van der Waals surface area contributed by atoms with Crippen LogP contribution in [-0.4, -0.2) is 53.8 Å². The van der Waals surface area contributed by atoms with Crippen molar-refractivity contribution >= 4 is 5.91 Å². The lowest BCUT2D eigenvalue weighted by Gasteiger charge is -2.20. The lowest BCUT2D eigenvalue weighted by atomic mass is 10.0. The summed E-state index contributed by atoms with van der Waals surface area (Å²) in [5, 5.41) is 7.74. The Labute approximate surface area is 175 Å². The quantitative estimate of drug-likeness (QED) is 0.565. The number of hydrogen-bond acceptors (Lipinski definition) is 6. The summed E-state index contributed by atoms with van der Waals surface area (Å²) in [6.07, 6.45) is 0. The monoisotopic (exact) mass is 412 g/mol. The van der Waals surface area contributed by atoms with Gasteiger partial charge in [-0.05, 0) is 49.4 Å². The Balaban J connectivity index is 1.84. The first-order chi connectivity index (χ1) is 14.3. The van der Waals surface area contributed by atoms with Crippen molar-refractivity contribution in [3.05, 3.63) is 65.2 Å². The fraction of sp³-hybridized carbons (Fsp3) is 0.318. The summed E-state index contributed by atoms with van der Waals surface area (Å²) in [5.41, 5.74) is 4.24. The molecule has 0 saturated heterocycles. The summed E-state index contributed by atoms with van der Waals surface area (Å²) >= 11 is 0.